The van der Waals surface area contributed by atoms with Crippen LogP contribution in [0.5, 0.6) is 0 Å². The van der Waals surface area contributed by atoms with Crippen LogP contribution in [-0.4, -0.2) is 15.8 Å². The van der Waals surface area contributed by atoms with Crippen LogP contribution in [0, 0.1) is 11.8 Å². The molecule has 0 saturated heterocycles. The predicted molar refractivity (Wildman–Crippen MR) is 105 cm³/mol. The summed E-state index contributed by atoms with van der Waals surface area (Å²) in [6.45, 7) is 2.73. The van der Waals surface area contributed by atoms with Crippen molar-refractivity contribution in [3.05, 3.63) is 77.6 Å². The lowest BCUT2D eigenvalue weighted by atomic mass is 10.2. The molecule has 3 nitrogen and oxygen atoms in total. The van der Waals surface area contributed by atoms with Crippen LogP contribution >= 0.6 is 0 Å². The summed E-state index contributed by atoms with van der Waals surface area (Å²) in [4.78, 5) is 16.5. The summed E-state index contributed by atoms with van der Waals surface area (Å²) in [5, 5.41) is 0. The Bertz CT molecular complexity index is 915. The van der Waals surface area contributed by atoms with Gasteiger partial charge in [0.05, 0.1) is 0 Å². The van der Waals surface area contributed by atoms with Crippen molar-refractivity contribution in [1.29, 1.82) is 0 Å². The number of aldehydes is 1. The van der Waals surface area contributed by atoms with Crippen LogP contribution in [0.15, 0.2) is 60.7 Å². The molecule has 0 aliphatic heterocycles. The SMILES string of the molecule is CCCCC#Cc1nc(-c2ccccc2)n(Cc2ccccc2)c1C=O. The first kappa shape index (κ1) is 17.7. The van der Waals surface area contributed by atoms with Crippen molar-refractivity contribution in [3.8, 4) is 23.2 Å². The fraction of sp³-hybridized carbons (Fsp3) is 0.217. The van der Waals surface area contributed by atoms with E-state index >= 15 is 0 Å². The van der Waals surface area contributed by atoms with Crippen LogP contribution in [0.25, 0.3) is 11.4 Å². The van der Waals surface area contributed by atoms with Crippen molar-refractivity contribution in [3.63, 3.8) is 0 Å². The largest absolute Gasteiger partial charge is 0.316 e. The van der Waals surface area contributed by atoms with Crippen molar-refractivity contribution < 1.29 is 4.79 Å². The molecule has 3 aromatic rings. The van der Waals surface area contributed by atoms with E-state index in [4.69, 9.17) is 4.98 Å². The molecule has 0 amide bonds. The summed E-state index contributed by atoms with van der Waals surface area (Å²) < 4.78 is 1.96. The normalized spacial score (nSPS) is 10.2. The molecule has 3 heteroatoms. The topological polar surface area (TPSA) is 34.9 Å². The second-order valence-electron chi connectivity index (χ2n) is 6.13. The molecule has 0 aliphatic rings. The third-order valence-electron chi connectivity index (χ3n) is 4.20. The van der Waals surface area contributed by atoms with Gasteiger partial charge in [-0.3, -0.25) is 4.79 Å². The molecule has 1 aromatic heterocycles. The molecular formula is C23H22N2O. The Kier molecular flexibility index (Phi) is 6.01. The standard InChI is InChI=1S/C23H22N2O/c1-2-3-4-11-16-21-22(18-26)25(17-19-12-7-5-8-13-19)23(24-21)20-14-9-6-10-15-20/h5-10,12-15,18H,2-4,17H2,1H3. The van der Waals surface area contributed by atoms with Crippen molar-refractivity contribution in [1.82, 2.24) is 9.55 Å². The molecular weight excluding hydrogens is 320 g/mol. The zero-order valence-corrected chi connectivity index (χ0v) is 15.0. The predicted octanol–water partition coefficient (Wildman–Crippen LogP) is 4.95. The number of hydrogen-bond donors (Lipinski definition) is 0. The minimum absolute atomic E-state index is 0.539. The molecule has 0 radical (unpaired) electrons. The van der Waals surface area contributed by atoms with Gasteiger partial charge in [0, 0.05) is 18.5 Å². The first-order valence-corrected chi connectivity index (χ1v) is 8.97. The van der Waals surface area contributed by atoms with Crippen molar-refractivity contribution in [2.24, 2.45) is 0 Å². The first-order chi connectivity index (χ1) is 12.8. The molecule has 0 saturated carbocycles. The van der Waals surface area contributed by atoms with Crippen LogP contribution in [0.2, 0.25) is 0 Å². The van der Waals surface area contributed by atoms with Crippen LogP contribution in [0.4, 0.5) is 0 Å². The zero-order chi connectivity index (χ0) is 18.2. The number of benzene rings is 2. The van der Waals surface area contributed by atoms with Gasteiger partial charge in [0.1, 0.15) is 17.2 Å². The van der Waals surface area contributed by atoms with E-state index in [-0.39, 0.29) is 0 Å². The van der Waals surface area contributed by atoms with Gasteiger partial charge in [-0.15, -0.1) is 0 Å². The summed E-state index contributed by atoms with van der Waals surface area (Å²) in [7, 11) is 0. The summed E-state index contributed by atoms with van der Waals surface area (Å²) in [5.41, 5.74) is 3.20. The van der Waals surface area contributed by atoms with Crippen molar-refractivity contribution >= 4 is 6.29 Å². The Balaban J connectivity index is 2.07. The van der Waals surface area contributed by atoms with E-state index in [9.17, 15) is 4.79 Å². The molecule has 0 fully saturated rings. The lowest BCUT2D eigenvalue weighted by Gasteiger charge is -2.09. The van der Waals surface area contributed by atoms with Gasteiger partial charge < -0.3 is 4.57 Å². The van der Waals surface area contributed by atoms with E-state index in [2.05, 4.69) is 30.9 Å². The number of nitrogens with zero attached hydrogens (tertiary/aromatic N) is 2. The zero-order valence-electron chi connectivity index (χ0n) is 15.0. The third kappa shape index (κ3) is 4.10. The highest BCUT2D eigenvalue weighted by Gasteiger charge is 2.17. The Labute approximate surface area is 154 Å². The number of hydrogen-bond acceptors (Lipinski definition) is 2. The molecule has 0 spiro atoms. The van der Waals surface area contributed by atoms with Gasteiger partial charge in [0.2, 0.25) is 0 Å². The molecule has 1 heterocycles. The van der Waals surface area contributed by atoms with Gasteiger partial charge in [0.25, 0.3) is 0 Å². The Hall–Kier alpha value is -3.12. The van der Waals surface area contributed by atoms with E-state index in [1.54, 1.807) is 0 Å². The monoisotopic (exact) mass is 342 g/mol. The average Bonchev–Trinajstić information content (AvgIpc) is 3.04. The molecule has 0 atom stereocenters. The number of unbranched alkanes of at least 4 members (excludes halogenated alkanes) is 2. The molecule has 3 rings (SSSR count). The molecule has 0 N–H and O–H groups in total. The number of carbonyl (C=O) groups excluding carboxylic acids is 1. The quantitative estimate of drug-likeness (QED) is 0.361. The summed E-state index contributed by atoms with van der Waals surface area (Å²) >= 11 is 0. The summed E-state index contributed by atoms with van der Waals surface area (Å²) in [6.07, 6.45) is 3.85. The lowest BCUT2D eigenvalue weighted by Crippen LogP contribution is -2.06. The Morgan fingerprint density at radius 2 is 1.73 bits per heavy atom. The van der Waals surface area contributed by atoms with Crippen LogP contribution < -0.4 is 0 Å². The van der Waals surface area contributed by atoms with Gasteiger partial charge >= 0.3 is 0 Å². The molecule has 130 valence electrons. The van der Waals surface area contributed by atoms with E-state index in [0.29, 0.717) is 17.9 Å². The maximum atomic E-state index is 11.8. The number of rotatable bonds is 6. The lowest BCUT2D eigenvalue weighted by molar-refractivity contribution is 0.111. The summed E-state index contributed by atoms with van der Waals surface area (Å²) in [6, 6.07) is 20.0. The van der Waals surface area contributed by atoms with E-state index in [0.717, 1.165) is 42.5 Å². The van der Waals surface area contributed by atoms with Gasteiger partial charge in [-0.1, -0.05) is 79.9 Å². The summed E-state index contributed by atoms with van der Waals surface area (Å²) in [5.74, 6) is 7.03. The molecule has 2 aromatic carbocycles. The van der Waals surface area contributed by atoms with E-state index in [1.165, 1.54) is 0 Å². The average molecular weight is 342 g/mol. The molecule has 0 unspecified atom stereocenters. The van der Waals surface area contributed by atoms with Gasteiger partial charge in [0.15, 0.2) is 6.29 Å². The number of carbonyl (C=O) groups is 1. The fourth-order valence-electron chi connectivity index (χ4n) is 2.82. The third-order valence-corrected chi connectivity index (χ3v) is 4.20. The van der Waals surface area contributed by atoms with Crippen molar-refractivity contribution in [2.45, 2.75) is 32.7 Å². The highest BCUT2D eigenvalue weighted by Crippen LogP contribution is 2.23. The maximum absolute atomic E-state index is 11.8. The fourth-order valence-corrected chi connectivity index (χ4v) is 2.82. The Morgan fingerprint density at radius 1 is 1.04 bits per heavy atom. The Morgan fingerprint density at radius 3 is 2.38 bits per heavy atom. The van der Waals surface area contributed by atoms with Gasteiger partial charge in [-0.25, -0.2) is 4.98 Å². The van der Waals surface area contributed by atoms with Gasteiger partial charge in [-0.2, -0.15) is 0 Å². The van der Waals surface area contributed by atoms with Crippen LogP contribution in [-0.2, 0) is 6.54 Å². The molecule has 26 heavy (non-hydrogen) atoms. The second-order valence-corrected chi connectivity index (χ2v) is 6.13. The minimum atomic E-state index is 0.539. The highest BCUT2D eigenvalue weighted by atomic mass is 16.1. The smallest absolute Gasteiger partial charge is 0.169 e. The maximum Gasteiger partial charge on any atom is 0.169 e. The number of aromatic nitrogens is 2. The molecule has 0 aliphatic carbocycles. The first-order valence-electron chi connectivity index (χ1n) is 8.97. The van der Waals surface area contributed by atoms with Crippen LogP contribution in [0.1, 0.15) is 47.9 Å². The van der Waals surface area contributed by atoms with Gasteiger partial charge in [-0.05, 0) is 17.9 Å². The van der Waals surface area contributed by atoms with E-state index in [1.807, 2.05) is 53.1 Å². The van der Waals surface area contributed by atoms with Crippen molar-refractivity contribution in [2.75, 3.05) is 0 Å². The van der Waals surface area contributed by atoms with Crippen LogP contribution in [0.3, 0.4) is 0 Å². The van der Waals surface area contributed by atoms with E-state index < -0.39 is 0 Å². The molecule has 0 bridgehead atoms. The second kappa shape index (κ2) is 8.82. The minimum Gasteiger partial charge on any atom is -0.316 e. The highest BCUT2D eigenvalue weighted by molar-refractivity contribution is 5.79. The number of imidazole rings is 1.